The highest BCUT2D eigenvalue weighted by molar-refractivity contribution is 5.89. The van der Waals surface area contributed by atoms with Gasteiger partial charge in [-0.05, 0) is 44.7 Å². The van der Waals surface area contributed by atoms with Gasteiger partial charge in [-0.25, -0.2) is 4.79 Å². The molecule has 0 aliphatic carbocycles. The van der Waals surface area contributed by atoms with Gasteiger partial charge in [0.25, 0.3) is 0 Å². The van der Waals surface area contributed by atoms with Crippen LogP contribution < -0.4 is 0 Å². The van der Waals surface area contributed by atoms with Gasteiger partial charge in [0.2, 0.25) is 0 Å². The third kappa shape index (κ3) is 5.03. The molecule has 0 spiro atoms. The Morgan fingerprint density at radius 3 is 2.24 bits per heavy atom. The minimum absolute atomic E-state index is 0.00815. The minimum atomic E-state index is -0.221. The summed E-state index contributed by atoms with van der Waals surface area (Å²) in [6, 6.07) is 7.48. The lowest BCUT2D eigenvalue weighted by Gasteiger charge is -2.14. The molecule has 0 aliphatic heterocycles. The molecule has 0 aromatic heterocycles. The molecule has 0 fully saturated rings. The highest BCUT2D eigenvalue weighted by atomic mass is 16.5. The van der Waals surface area contributed by atoms with Gasteiger partial charge in [0.05, 0.1) is 11.7 Å². The van der Waals surface area contributed by atoms with E-state index in [2.05, 4.69) is 13.8 Å². The highest BCUT2D eigenvalue weighted by Crippen LogP contribution is 2.12. The zero-order chi connectivity index (χ0) is 12.8. The van der Waals surface area contributed by atoms with Gasteiger partial charge < -0.3 is 4.74 Å². The molecule has 0 N–H and O–H groups in total. The fourth-order valence-corrected chi connectivity index (χ4v) is 1.57. The molecule has 0 saturated heterocycles. The van der Waals surface area contributed by atoms with E-state index in [1.807, 2.05) is 38.1 Å². The second kappa shape index (κ2) is 6.43. The monoisotopic (exact) mass is 234 g/mol. The van der Waals surface area contributed by atoms with E-state index in [0.717, 1.165) is 18.4 Å². The van der Waals surface area contributed by atoms with Gasteiger partial charge in [-0.15, -0.1) is 0 Å². The molecule has 1 atom stereocenters. The SMILES string of the molecule is Cc1ccc(C(=O)OC(C)CCC(C)C)cc1. The summed E-state index contributed by atoms with van der Waals surface area (Å²) in [6.07, 6.45) is 2.00. The van der Waals surface area contributed by atoms with E-state index in [1.165, 1.54) is 0 Å². The molecule has 1 aromatic carbocycles. The summed E-state index contributed by atoms with van der Waals surface area (Å²) in [7, 11) is 0. The Bertz CT molecular complexity index is 352. The number of hydrogen-bond donors (Lipinski definition) is 0. The van der Waals surface area contributed by atoms with Crippen LogP contribution in [0.5, 0.6) is 0 Å². The maximum absolute atomic E-state index is 11.8. The second-order valence-electron chi connectivity index (χ2n) is 5.05. The molecule has 17 heavy (non-hydrogen) atoms. The van der Waals surface area contributed by atoms with Crippen LogP contribution in [0.2, 0.25) is 0 Å². The van der Waals surface area contributed by atoms with Crippen molar-refractivity contribution in [3.8, 4) is 0 Å². The smallest absolute Gasteiger partial charge is 0.338 e. The Morgan fingerprint density at radius 2 is 1.71 bits per heavy atom. The van der Waals surface area contributed by atoms with Crippen molar-refractivity contribution < 1.29 is 9.53 Å². The first-order valence-electron chi connectivity index (χ1n) is 6.26. The van der Waals surface area contributed by atoms with Crippen LogP contribution in [0.25, 0.3) is 0 Å². The van der Waals surface area contributed by atoms with Crippen molar-refractivity contribution in [2.75, 3.05) is 0 Å². The molecule has 0 radical (unpaired) electrons. The zero-order valence-corrected chi connectivity index (χ0v) is 11.2. The third-order valence-electron chi connectivity index (χ3n) is 2.75. The number of carbonyl (C=O) groups excluding carboxylic acids is 1. The lowest BCUT2D eigenvalue weighted by atomic mass is 10.1. The summed E-state index contributed by atoms with van der Waals surface area (Å²) < 4.78 is 5.39. The van der Waals surface area contributed by atoms with Gasteiger partial charge in [-0.1, -0.05) is 31.5 Å². The van der Waals surface area contributed by atoms with Crippen molar-refractivity contribution in [1.82, 2.24) is 0 Å². The van der Waals surface area contributed by atoms with Crippen LogP contribution in [0.4, 0.5) is 0 Å². The summed E-state index contributed by atoms with van der Waals surface area (Å²) in [4.78, 5) is 11.8. The maximum Gasteiger partial charge on any atom is 0.338 e. The molecule has 1 rings (SSSR count). The fourth-order valence-electron chi connectivity index (χ4n) is 1.57. The van der Waals surface area contributed by atoms with Crippen molar-refractivity contribution >= 4 is 5.97 Å². The number of hydrogen-bond acceptors (Lipinski definition) is 2. The van der Waals surface area contributed by atoms with Crippen molar-refractivity contribution in [1.29, 1.82) is 0 Å². The predicted molar refractivity (Wildman–Crippen MR) is 70.1 cm³/mol. The van der Waals surface area contributed by atoms with Crippen LogP contribution >= 0.6 is 0 Å². The van der Waals surface area contributed by atoms with E-state index < -0.39 is 0 Å². The number of ether oxygens (including phenoxy) is 1. The largest absolute Gasteiger partial charge is 0.459 e. The topological polar surface area (TPSA) is 26.3 Å². The van der Waals surface area contributed by atoms with Gasteiger partial charge >= 0.3 is 5.97 Å². The van der Waals surface area contributed by atoms with Crippen molar-refractivity contribution in [2.45, 2.75) is 46.6 Å². The summed E-state index contributed by atoms with van der Waals surface area (Å²) in [5.74, 6) is 0.428. The Hall–Kier alpha value is -1.31. The van der Waals surface area contributed by atoms with E-state index >= 15 is 0 Å². The average molecular weight is 234 g/mol. The van der Waals surface area contributed by atoms with E-state index in [1.54, 1.807) is 0 Å². The van der Waals surface area contributed by atoms with E-state index in [-0.39, 0.29) is 12.1 Å². The normalized spacial score (nSPS) is 12.5. The number of benzene rings is 1. The molecule has 94 valence electrons. The first kappa shape index (κ1) is 13.8. The Balaban J connectivity index is 2.46. The van der Waals surface area contributed by atoms with Crippen molar-refractivity contribution in [3.63, 3.8) is 0 Å². The summed E-state index contributed by atoms with van der Waals surface area (Å²) in [6.45, 7) is 8.30. The minimum Gasteiger partial charge on any atom is -0.459 e. The lowest BCUT2D eigenvalue weighted by molar-refractivity contribution is 0.0314. The molecule has 1 aromatic rings. The molecule has 0 amide bonds. The Kier molecular flexibility index (Phi) is 5.20. The first-order chi connectivity index (χ1) is 7.99. The number of carbonyl (C=O) groups is 1. The lowest BCUT2D eigenvalue weighted by Crippen LogP contribution is -2.15. The molecule has 2 heteroatoms. The Morgan fingerprint density at radius 1 is 1.12 bits per heavy atom. The zero-order valence-electron chi connectivity index (χ0n) is 11.2. The quantitative estimate of drug-likeness (QED) is 0.720. The van der Waals surface area contributed by atoms with Crippen LogP contribution in [-0.4, -0.2) is 12.1 Å². The molecule has 0 aliphatic rings. The van der Waals surface area contributed by atoms with E-state index in [9.17, 15) is 4.79 Å². The van der Waals surface area contributed by atoms with Gasteiger partial charge in [-0.3, -0.25) is 0 Å². The van der Waals surface area contributed by atoms with Gasteiger partial charge in [0.1, 0.15) is 0 Å². The van der Waals surface area contributed by atoms with Crippen molar-refractivity contribution in [3.05, 3.63) is 35.4 Å². The van der Waals surface area contributed by atoms with Gasteiger partial charge in [-0.2, -0.15) is 0 Å². The summed E-state index contributed by atoms with van der Waals surface area (Å²) >= 11 is 0. The standard InChI is InChI=1S/C15H22O2/c1-11(2)5-8-13(4)17-15(16)14-9-6-12(3)7-10-14/h6-7,9-11,13H,5,8H2,1-4H3. The van der Waals surface area contributed by atoms with Crippen LogP contribution in [-0.2, 0) is 4.74 Å². The van der Waals surface area contributed by atoms with Crippen LogP contribution in [0.15, 0.2) is 24.3 Å². The predicted octanol–water partition coefficient (Wildman–Crippen LogP) is 3.98. The highest BCUT2D eigenvalue weighted by Gasteiger charge is 2.11. The van der Waals surface area contributed by atoms with Gasteiger partial charge in [0.15, 0.2) is 0 Å². The van der Waals surface area contributed by atoms with E-state index in [0.29, 0.717) is 11.5 Å². The maximum atomic E-state index is 11.8. The number of aryl methyl sites for hydroxylation is 1. The molecule has 0 saturated carbocycles. The third-order valence-corrected chi connectivity index (χ3v) is 2.75. The average Bonchev–Trinajstić information content (AvgIpc) is 2.27. The van der Waals surface area contributed by atoms with Crippen LogP contribution in [0.3, 0.4) is 0 Å². The summed E-state index contributed by atoms with van der Waals surface area (Å²) in [5.41, 5.74) is 1.78. The number of rotatable bonds is 5. The van der Waals surface area contributed by atoms with E-state index in [4.69, 9.17) is 4.74 Å². The number of esters is 1. The molecule has 0 heterocycles. The molecule has 1 unspecified atom stereocenters. The Labute approximate surface area is 104 Å². The van der Waals surface area contributed by atoms with Crippen molar-refractivity contribution in [2.24, 2.45) is 5.92 Å². The molecular weight excluding hydrogens is 212 g/mol. The molecule has 0 bridgehead atoms. The van der Waals surface area contributed by atoms with Crippen LogP contribution in [0.1, 0.15) is 49.5 Å². The second-order valence-corrected chi connectivity index (χ2v) is 5.05. The fraction of sp³-hybridized carbons (Fsp3) is 0.533. The molecule has 2 nitrogen and oxygen atoms in total. The molecular formula is C15H22O2. The first-order valence-corrected chi connectivity index (χ1v) is 6.26. The summed E-state index contributed by atoms with van der Waals surface area (Å²) in [5, 5.41) is 0. The van der Waals surface area contributed by atoms with Crippen LogP contribution in [0, 0.1) is 12.8 Å². The van der Waals surface area contributed by atoms with Gasteiger partial charge in [0, 0.05) is 0 Å².